The summed E-state index contributed by atoms with van der Waals surface area (Å²) in [5.74, 6) is 9.04. The van der Waals surface area contributed by atoms with Crippen molar-refractivity contribution in [3.8, 4) is 0 Å². The third-order valence-corrected chi connectivity index (χ3v) is 6.79. The fourth-order valence-corrected chi connectivity index (χ4v) is 6.72. The molecular weight excluding hydrogens is 180 g/mol. The molecule has 0 aromatic carbocycles. The molecule has 0 aromatic rings. The van der Waals surface area contributed by atoms with Crippen LogP contribution in [-0.4, -0.2) is 0 Å². The lowest BCUT2D eigenvalue weighted by molar-refractivity contribution is 0.0808. The standard InChI is InChI=1S/C15H20/c1-2-9-5-8(1)6-10-7-13-11-3-4-12(14(9)13)15(10)11/h1-2,8-15H,3-7H2. The van der Waals surface area contributed by atoms with Crippen LogP contribution < -0.4 is 0 Å². The Morgan fingerprint density at radius 1 is 0.733 bits per heavy atom. The quantitative estimate of drug-likeness (QED) is 0.525. The maximum absolute atomic E-state index is 2.62. The van der Waals surface area contributed by atoms with Crippen molar-refractivity contribution in [3.05, 3.63) is 12.2 Å². The zero-order valence-electron chi connectivity index (χ0n) is 9.31. The Hall–Kier alpha value is -0.260. The van der Waals surface area contributed by atoms with Crippen molar-refractivity contribution in [1.29, 1.82) is 0 Å². The summed E-state index contributed by atoms with van der Waals surface area (Å²) in [6.45, 7) is 0. The molecule has 5 fully saturated rings. The molecular formula is C15H20. The SMILES string of the molecule is C1=CC2CC1CC1CC3C4CCC(C23)C14. The second kappa shape index (κ2) is 2.36. The van der Waals surface area contributed by atoms with Gasteiger partial charge in [-0.1, -0.05) is 12.2 Å². The van der Waals surface area contributed by atoms with Crippen LogP contribution in [0.1, 0.15) is 32.1 Å². The van der Waals surface area contributed by atoms with Gasteiger partial charge in [-0.2, -0.15) is 0 Å². The molecule has 8 atom stereocenters. The van der Waals surface area contributed by atoms with Gasteiger partial charge in [0.25, 0.3) is 0 Å². The van der Waals surface area contributed by atoms with Crippen molar-refractivity contribution in [2.75, 3.05) is 0 Å². The van der Waals surface area contributed by atoms with Crippen molar-refractivity contribution < 1.29 is 0 Å². The van der Waals surface area contributed by atoms with Crippen LogP contribution in [0.5, 0.6) is 0 Å². The van der Waals surface area contributed by atoms with E-state index < -0.39 is 0 Å². The molecule has 0 aliphatic heterocycles. The Morgan fingerprint density at radius 2 is 1.67 bits per heavy atom. The van der Waals surface area contributed by atoms with Gasteiger partial charge in [0.05, 0.1) is 0 Å². The zero-order valence-corrected chi connectivity index (χ0v) is 9.31. The van der Waals surface area contributed by atoms with E-state index in [-0.39, 0.29) is 0 Å². The van der Waals surface area contributed by atoms with Crippen molar-refractivity contribution in [3.63, 3.8) is 0 Å². The van der Waals surface area contributed by atoms with Gasteiger partial charge in [-0.25, -0.2) is 0 Å². The van der Waals surface area contributed by atoms with Crippen molar-refractivity contribution >= 4 is 0 Å². The molecule has 80 valence electrons. The van der Waals surface area contributed by atoms with E-state index in [0.717, 1.165) is 23.7 Å². The molecule has 5 saturated carbocycles. The number of rotatable bonds is 0. The van der Waals surface area contributed by atoms with Gasteiger partial charge in [0.15, 0.2) is 0 Å². The van der Waals surface area contributed by atoms with Gasteiger partial charge in [0.2, 0.25) is 0 Å². The molecule has 6 rings (SSSR count). The van der Waals surface area contributed by atoms with E-state index in [1.807, 2.05) is 0 Å². The first-order valence-corrected chi connectivity index (χ1v) is 7.10. The molecule has 8 unspecified atom stereocenters. The molecule has 8 bridgehead atoms. The lowest BCUT2D eigenvalue weighted by Gasteiger charge is -2.42. The molecule has 15 heavy (non-hydrogen) atoms. The van der Waals surface area contributed by atoms with Crippen LogP contribution in [0, 0.1) is 47.3 Å². The Kier molecular flexibility index (Phi) is 1.25. The third kappa shape index (κ3) is 0.765. The topological polar surface area (TPSA) is 0 Å². The molecule has 6 aliphatic rings. The number of allylic oxidation sites excluding steroid dienone is 2. The minimum absolute atomic E-state index is 0.990. The molecule has 0 N–H and O–H groups in total. The van der Waals surface area contributed by atoms with Crippen molar-refractivity contribution in [2.24, 2.45) is 47.3 Å². The Bertz CT molecular complexity index is 340. The Morgan fingerprint density at radius 3 is 2.60 bits per heavy atom. The predicted octanol–water partition coefficient (Wildman–Crippen LogP) is 3.49. The first-order chi connectivity index (χ1) is 7.42. The lowest BCUT2D eigenvalue weighted by Crippen LogP contribution is -2.35. The number of hydrogen-bond acceptors (Lipinski definition) is 0. The summed E-state index contributed by atoms with van der Waals surface area (Å²) < 4.78 is 0. The molecule has 0 aromatic heterocycles. The summed E-state index contributed by atoms with van der Waals surface area (Å²) in [6.07, 6.45) is 13.1. The highest BCUT2D eigenvalue weighted by Crippen LogP contribution is 2.71. The maximum atomic E-state index is 2.62. The second-order valence-corrected chi connectivity index (χ2v) is 7.00. The summed E-state index contributed by atoms with van der Waals surface area (Å²) in [5.41, 5.74) is 0. The summed E-state index contributed by atoms with van der Waals surface area (Å²) >= 11 is 0. The van der Waals surface area contributed by atoms with E-state index in [4.69, 9.17) is 0 Å². The average molecular weight is 200 g/mol. The van der Waals surface area contributed by atoms with Gasteiger partial charge in [-0.05, 0) is 79.4 Å². The van der Waals surface area contributed by atoms with E-state index in [9.17, 15) is 0 Å². The van der Waals surface area contributed by atoms with Crippen LogP contribution >= 0.6 is 0 Å². The molecule has 0 spiro atoms. The summed E-state index contributed by atoms with van der Waals surface area (Å²) in [7, 11) is 0. The van der Waals surface area contributed by atoms with E-state index >= 15 is 0 Å². The Balaban J connectivity index is 1.67. The highest BCUT2D eigenvalue weighted by Gasteiger charge is 2.64. The molecule has 0 amide bonds. The van der Waals surface area contributed by atoms with Gasteiger partial charge in [-0.15, -0.1) is 0 Å². The molecule has 0 nitrogen and oxygen atoms in total. The molecule has 0 saturated heterocycles. The highest BCUT2D eigenvalue weighted by atomic mass is 14.7. The van der Waals surface area contributed by atoms with Crippen molar-refractivity contribution in [2.45, 2.75) is 32.1 Å². The minimum atomic E-state index is 0.990. The normalized spacial score (nSPS) is 67.7. The largest absolute Gasteiger partial charge is 0.0851 e. The first-order valence-electron chi connectivity index (χ1n) is 7.10. The molecule has 0 radical (unpaired) electrons. The monoisotopic (exact) mass is 200 g/mol. The van der Waals surface area contributed by atoms with Crippen LogP contribution in [0.15, 0.2) is 12.2 Å². The zero-order chi connectivity index (χ0) is 9.57. The summed E-state index contributed by atoms with van der Waals surface area (Å²) in [6, 6.07) is 0. The fourth-order valence-electron chi connectivity index (χ4n) is 6.72. The van der Waals surface area contributed by atoms with E-state index in [1.54, 1.807) is 25.7 Å². The predicted molar refractivity (Wildman–Crippen MR) is 60.1 cm³/mol. The molecule has 0 heteroatoms. The highest BCUT2D eigenvalue weighted by molar-refractivity contribution is 5.18. The van der Waals surface area contributed by atoms with E-state index in [1.165, 1.54) is 30.1 Å². The summed E-state index contributed by atoms with van der Waals surface area (Å²) in [5, 5.41) is 0. The van der Waals surface area contributed by atoms with Crippen LogP contribution in [0.25, 0.3) is 0 Å². The van der Waals surface area contributed by atoms with Crippen LogP contribution in [-0.2, 0) is 0 Å². The van der Waals surface area contributed by atoms with Gasteiger partial charge < -0.3 is 0 Å². The van der Waals surface area contributed by atoms with Crippen LogP contribution in [0.4, 0.5) is 0 Å². The van der Waals surface area contributed by atoms with Crippen LogP contribution in [0.2, 0.25) is 0 Å². The fraction of sp³-hybridized carbons (Fsp3) is 0.867. The number of hydrogen-bond donors (Lipinski definition) is 0. The van der Waals surface area contributed by atoms with Gasteiger partial charge in [0, 0.05) is 0 Å². The van der Waals surface area contributed by atoms with Gasteiger partial charge >= 0.3 is 0 Å². The second-order valence-electron chi connectivity index (χ2n) is 7.00. The van der Waals surface area contributed by atoms with Crippen LogP contribution in [0.3, 0.4) is 0 Å². The van der Waals surface area contributed by atoms with E-state index in [2.05, 4.69) is 12.2 Å². The smallest absolute Gasteiger partial charge is 0.0194 e. The average Bonchev–Trinajstić information content (AvgIpc) is 2.93. The third-order valence-electron chi connectivity index (χ3n) is 6.79. The molecule has 6 aliphatic carbocycles. The van der Waals surface area contributed by atoms with Gasteiger partial charge in [0.1, 0.15) is 0 Å². The van der Waals surface area contributed by atoms with Crippen molar-refractivity contribution in [1.82, 2.24) is 0 Å². The van der Waals surface area contributed by atoms with E-state index in [0.29, 0.717) is 0 Å². The minimum Gasteiger partial charge on any atom is -0.0851 e. The van der Waals surface area contributed by atoms with Gasteiger partial charge in [-0.3, -0.25) is 0 Å². The maximum Gasteiger partial charge on any atom is -0.0194 e. The Labute approximate surface area is 92.1 Å². The summed E-state index contributed by atoms with van der Waals surface area (Å²) in [4.78, 5) is 0. The molecule has 0 heterocycles. The first kappa shape index (κ1) is 7.92. The lowest BCUT2D eigenvalue weighted by atomic mass is 9.63.